The lowest BCUT2D eigenvalue weighted by atomic mass is 10.1. The van der Waals surface area contributed by atoms with E-state index >= 15 is 0 Å². The van der Waals surface area contributed by atoms with Crippen molar-refractivity contribution < 1.29 is 19.0 Å². The van der Waals surface area contributed by atoms with Gasteiger partial charge in [0.1, 0.15) is 16.5 Å². The molecular formula is C18H17FN2O4S. The fourth-order valence-electron chi connectivity index (χ4n) is 2.73. The first kappa shape index (κ1) is 18.2. The second-order valence-electron chi connectivity index (χ2n) is 5.71. The summed E-state index contributed by atoms with van der Waals surface area (Å²) in [6, 6.07) is 5.89. The highest BCUT2D eigenvalue weighted by atomic mass is 32.1. The Morgan fingerprint density at radius 3 is 2.73 bits per heavy atom. The Balaban J connectivity index is 2.16. The molecule has 0 unspecified atom stereocenters. The third-order valence-corrected chi connectivity index (χ3v) is 4.88. The minimum absolute atomic E-state index is 0.0366. The van der Waals surface area contributed by atoms with Crippen molar-refractivity contribution in [3.8, 4) is 11.1 Å². The molecular weight excluding hydrogens is 359 g/mol. The van der Waals surface area contributed by atoms with E-state index in [1.54, 1.807) is 19.2 Å². The lowest BCUT2D eigenvalue weighted by Gasteiger charge is -2.12. The number of ether oxygens (including phenoxy) is 1. The van der Waals surface area contributed by atoms with Crippen LogP contribution in [0.2, 0.25) is 0 Å². The highest BCUT2D eigenvalue weighted by Gasteiger charge is 2.17. The van der Waals surface area contributed by atoms with Gasteiger partial charge in [-0.3, -0.25) is 14.2 Å². The maximum Gasteiger partial charge on any atom is 0.305 e. The predicted molar refractivity (Wildman–Crippen MR) is 97.1 cm³/mol. The largest absolute Gasteiger partial charge is 0.481 e. The molecule has 0 saturated heterocycles. The number of benzene rings is 1. The van der Waals surface area contributed by atoms with Gasteiger partial charge in [-0.15, -0.1) is 11.3 Å². The number of aliphatic carboxylic acids is 1. The number of hydrogen-bond acceptors (Lipinski definition) is 5. The summed E-state index contributed by atoms with van der Waals surface area (Å²) in [5.74, 6) is -0.844. The van der Waals surface area contributed by atoms with E-state index < -0.39 is 5.97 Å². The summed E-state index contributed by atoms with van der Waals surface area (Å²) in [5, 5.41) is 11.2. The molecule has 0 spiro atoms. The number of thiophene rings is 1. The third-order valence-electron chi connectivity index (χ3n) is 4.01. The molecule has 1 N–H and O–H groups in total. The van der Waals surface area contributed by atoms with Crippen molar-refractivity contribution in [2.45, 2.75) is 19.4 Å². The van der Waals surface area contributed by atoms with Crippen LogP contribution in [0.3, 0.4) is 0 Å². The molecule has 2 heterocycles. The van der Waals surface area contributed by atoms with E-state index in [9.17, 15) is 14.0 Å². The minimum atomic E-state index is -0.987. The van der Waals surface area contributed by atoms with Crippen molar-refractivity contribution in [2.75, 3.05) is 13.7 Å². The standard InChI is InChI=1S/C18H17FN2O4S/c1-25-9-7-14-20-17-16(18(24)21(14)8-6-15(22)23)13(10-26-17)11-2-4-12(19)5-3-11/h2-5,10H,6-9H2,1H3,(H,22,23). The number of methoxy groups -OCH3 is 1. The summed E-state index contributed by atoms with van der Waals surface area (Å²) >= 11 is 1.33. The number of hydrogen-bond donors (Lipinski definition) is 1. The molecule has 0 bridgehead atoms. The van der Waals surface area contributed by atoms with Gasteiger partial charge in [0.25, 0.3) is 5.56 Å². The average molecular weight is 376 g/mol. The smallest absolute Gasteiger partial charge is 0.305 e. The summed E-state index contributed by atoms with van der Waals surface area (Å²) in [6.45, 7) is 0.413. The zero-order chi connectivity index (χ0) is 18.7. The lowest BCUT2D eigenvalue weighted by molar-refractivity contribution is -0.137. The Morgan fingerprint density at radius 1 is 1.35 bits per heavy atom. The Morgan fingerprint density at radius 2 is 2.08 bits per heavy atom. The Labute approximate surface area is 152 Å². The van der Waals surface area contributed by atoms with Gasteiger partial charge in [-0.05, 0) is 17.7 Å². The Bertz CT molecular complexity index is 995. The van der Waals surface area contributed by atoms with E-state index in [-0.39, 0.29) is 24.3 Å². The monoisotopic (exact) mass is 376 g/mol. The van der Waals surface area contributed by atoms with Gasteiger partial charge in [0, 0.05) is 31.0 Å². The van der Waals surface area contributed by atoms with Crippen molar-refractivity contribution in [2.24, 2.45) is 0 Å². The van der Waals surface area contributed by atoms with Gasteiger partial charge in [-0.2, -0.15) is 0 Å². The number of carbonyl (C=O) groups is 1. The minimum Gasteiger partial charge on any atom is -0.481 e. The van der Waals surface area contributed by atoms with Gasteiger partial charge in [-0.25, -0.2) is 9.37 Å². The Kier molecular flexibility index (Phi) is 5.43. The van der Waals surface area contributed by atoms with Gasteiger partial charge >= 0.3 is 5.97 Å². The van der Waals surface area contributed by atoms with Crippen molar-refractivity contribution in [3.63, 3.8) is 0 Å². The first-order chi connectivity index (χ1) is 12.5. The maximum absolute atomic E-state index is 13.2. The highest BCUT2D eigenvalue weighted by molar-refractivity contribution is 7.17. The van der Waals surface area contributed by atoms with Gasteiger partial charge in [0.2, 0.25) is 0 Å². The molecule has 8 heteroatoms. The molecule has 1 aromatic carbocycles. The number of carboxylic acid groups (broad SMARTS) is 1. The van der Waals surface area contributed by atoms with Gasteiger partial charge < -0.3 is 9.84 Å². The third kappa shape index (κ3) is 3.66. The zero-order valence-corrected chi connectivity index (χ0v) is 14.9. The van der Waals surface area contributed by atoms with Crippen molar-refractivity contribution in [1.29, 1.82) is 0 Å². The molecule has 2 aromatic heterocycles. The summed E-state index contributed by atoms with van der Waals surface area (Å²) < 4.78 is 19.6. The van der Waals surface area contributed by atoms with E-state index in [0.29, 0.717) is 40.2 Å². The molecule has 6 nitrogen and oxygen atoms in total. The van der Waals surface area contributed by atoms with Crippen molar-refractivity contribution in [3.05, 3.63) is 51.6 Å². The fraction of sp³-hybridized carbons (Fsp3) is 0.278. The quantitative estimate of drug-likeness (QED) is 0.686. The molecule has 0 aliphatic heterocycles. The molecule has 0 aliphatic rings. The average Bonchev–Trinajstić information content (AvgIpc) is 3.04. The van der Waals surface area contributed by atoms with Crippen LogP contribution in [0.5, 0.6) is 0 Å². The number of rotatable bonds is 7. The first-order valence-corrected chi connectivity index (χ1v) is 8.87. The maximum atomic E-state index is 13.2. The summed E-state index contributed by atoms with van der Waals surface area (Å²) in [7, 11) is 1.55. The van der Waals surface area contributed by atoms with Crippen LogP contribution in [-0.2, 0) is 22.5 Å². The van der Waals surface area contributed by atoms with Gasteiger partial charge in [0.15, 0.2) is 0 Å². The van der Waals surface area contributed by atoms with E-state index in [4.69, 9.17) is 9.84 Å². The molecule has 0 amide bonds. The van der Waals surface area contributed by atoms with Crippen LogP contribution in [0.1, 0.15) is 12.2 Å². The molecule has 0 fully saturated rings. The van der Waals surface area contributed by atoms with Crippen LogP contribution in [0, 0.1) is 5.82 Å². The van der Waals surface area contributed by atoms with E-state index in [1.807, 2.05) is 5.38 Å². The number of nitrogens with zero attached hydrogens (tertiary/aromatic N) is 2. The second-order valence-corrected chi connectivity index (χ2v) is 6.57. The molecule has 26 heavy (non-hydrogen) atoms. The van der Waals surface area contributed by atoms with Crippen LogP contribution in [0.15, 0.2) is 34.4 Å². The molecule has 136 valence electrons. The van der Waals surface area contributed by atoms with E-state index in [0.717, 1.165) is 0 Å². The fourth-order valence-corrected chi connectivity index (χ4v) is 3.69. The predicted octanol–water partition coefficient (Wildman–Crippen LogP) is 2.93. The normalized spacial score (nSPS) is 11.2. The topological polar surface area (TPSA) is 81.4 Å². The molecule has 0 atom stereocenters. The SMILES string of the molecule is COCCc1nc2scc(-c3ccc(F)cc3)c2c(=O)n1CCC(=O)O. The van der Waals surface area contributed by atoms with Crippen LogP contribution < -0.4 is 5.56 Å². The molecule has 0 saturated carbocycles. The first-order valence-electron chi connectivity index (χ1n) is 7.99. The number of carboxylic acids is 1. The zero-order valence-electron chi connectivity index (χ0n) is 14.1. The van der Waals surface area contributed by atoms with Crippen LogP contribution >= 0.6 is 11.3 Å². The van der Waals surface area contributed by atoms with Gasteiger partial charge in [-0.1, -0.05) is 12.1 Å². The second kappa shape index (κ2) is 7.76. The van der Waals surface area contributed by atoms with Crippen molar-refractivity contribution in [1.82, 2.24) is 9.55 Å². The summed E-state index contributed by atoms with van der Waals surface area (Å²) in [6.07, 6.45) is 0.230. The molecule has 3 rings (SSSR count). The summed E-state index contributed by atoms with van der Waals surface area (Å²) in [4.78, 5) is 29.1. The molecule has 0 aliphatic carbocycles. The highest BCUT2D eigenvalue weighted by Crippen LogP contribution is 2.31. The Hall–Kier alpha value is -2.58. The van der Waals surface area contributed by atoms with Gasteiger partial charge in [0.05, 0.1) is 18.4 Å². The summed E-state index contributed by atoms with van der Waals surface area (Å²) in [5.41, 5.74) is 1.10. The van der Waals surface area contributed by atoms with E-state index in [1.165, 1.54) is 28.0 Å². The van der Waals surface area contributed by atoms with E-state index in [2.05, 4.69) is 4.98 Å². The van der Waals surface area contributed by atoms with Crippen LogP contribution in [0.4, 0.5) is 4.39 Å². The number of aromatic nitrogens is 2. The molecule has 0 radical (unpaired) electrons. The van der Waals surface area contributed by atoms with Crippen LogP contribution in [0.25, 0.3) is 21.3 Å². The molecule has 3 aromatic rings. The number of halogens is 1. The van der Waals surface area contributed by atoms with Crippen molar-refractivity contribution >= 4 is 27.5 Å². The number of fused-ring (bicyclic) bond motifs is 1. The lowest BCUT2D eigenvalue weighted by Crippen LogP contribution is -2.27. The van der Waals surface area contributed by atoms with Crippen LogP contribution in [-0.4, -0.2) is 34.3 Å².